The summed E-state index contributed by atoms with van der Waals surface area (Å²) in [6, 6.07) is 2.96. The molecular formula is C10H12N2O6. The van der Waals surface area contributed by atoms with Gasteiger partial charge < -0.3 is 25.3 Å². The Balaban J connectivity index is 2.25. The van der Waals surface area contributed by atoms with Crippen LogP contribution in [-0.4, -0.2) is 47.2 Å². The van der Waals surface area contributed by atoms with Crippen molar-refractivity contribution in [3.8, 4) is 0 Å². The molecule has 0 fully saturated rings. The maximum Gasteiger partial charge on any atom is 0.334 e. The van der Waals surface area contributed by atoms with Crippen LogP contribution in [-0.2, 0) is 9.59 Å². The van der Waals surface area contributed by atoms with Gasteiger partial charge in [-0.15, -0.1) is 0 Å². The first-order valence-electron chi connectivity index (χ1n) is 5.00. The predicted octanol–water partition coefficient (Wildman–Crippen LogP) is -1.43. The molecule has 0 bridgehead atoms. The number of rotatable bonds is 6. The van der Waals surface area contributed by atoms with Crippen LogP contribution in [0.4, 0.5) is 0 Å². The van der Waals surface area contributed by atoms with E-state index in [4.69, 9.17) is 14.6 Å². The van der Waals surface area contributed by atoms with E-state index < -0.39 is 30.4 Å². The standard InChI is InChI=1S/C10H12N2O6/c13-6(10(16)17)4-11-8(14)5-12-9(15)7-2-1-3-18-7/h1-3,6,13H,4-5H2,(H,11,14)(H,12,15)(H,16,17). The first-order chi connectivity index (χ1) is 8.50. The van der Waals surface area contributed by atoms with Gasteiger partial charge in [0.25, 0.3) is 5.91 Å². The summed E-state index contributed by atoms with van der Waals surface area (Å²) in [4.78, 5) is 32.8. The van der Waals surface area contributed by atoms with Gasteiger partial charge in [0.2, 0.25) is 5.91 Å². The van der Waals surface area contributed by atoms with E-state index in [9.17, 15) is 14.4 Å². The molecule has 8 heteroatoms. The minimum Gasteiger partial charge on any atom is -0.479 e. The lowest BCUT2D eigenvalue weighted by atomic mass is 10.3. The van der Waals surface area contributed by atoms with Crippen molar-refractivity contribution in [3.05, 3.63) is 24.2 Å². The van der Waals surface area contributed by atoms with Crippen LogP contribution in [0.25, 0.3) is 0 Å². The molecule has 0 aromatic carbocycles. The normalized spacial score (nSPS) is 11.6. The number of aliphatic hydroxyl groups is 1. The molecule has 1 unspecified atom stereocenters. The molecule has 18 heavy (non-hydrogen) atoms. The van der Waals surface area contributed by atoms with Gasteiger partial charge in [0.05, 0.1) is 19.4 Å². The largest absolute Gasteiger partial charge is 0.479 e. The molecule has 0 aliphatic carbocycles. The second kappa shape index (κ2) is 6.40. The van der Waals surface area contributed by atoms with Crippen LogP contribution in [0.2, 0.25) is 0 Å². The van der Waals surface area contributed by atoms with Gasteiger partial charge in [-0.2, -0.15) is 0 Å². The summed E-state index contributed by atoms with van der Waals surface area (Å²) in [6.45, 7) is -0.767. The summed E-state index contributed by atoms with van der Waals surface area (Å²) >= 11 is 0. The summed E-state index contributed by atoms with van der Waals surface area (Å²) in [5, 5.41) is 21.7. The van der Waals surface area contributed by atoms with E-state index in [1.807, 2.05) is 0 Å². The summed E-state index contributed by atoms with van der Waals surface area (Å²) in [6.07, 6.45) is -0.354. The summed E-state index contributed by atoms with van der Waals surface area (Å²) in [7, 11) is 0. The highest BCUT2D eigenvalue weighted by molar-refractivity contribution is 5.94. The molecule has 1 heterocycles. The Bertz CT molecular complexity index is 428. The van der Waals surface area contributed by atoms with Crippen LogP contribution < -0.4 is 10.6 Å². The fraction of sp³-hybridized carbons (Fsp3) is 0.300. The highest BCUT2D eigenvalue weighted by Crippen LogP contribution is 1.98. The van der Waals surface area contributed by atoms with Gasteiger partial charge in [0, 0.05) is 0 Å². The van der Waals surface area contributed by atoms with Crippen molar-refractivity contribution >= 4 is 17.8 Å². The molecule has 0 aliphatic rings. The average Bonchev–Trinajstić information content (AvgIpc) is 2.86. The van der Waals surface area contributed by atoms with Crippen molar-refractivity contribution < 1.29 is 29.0 Å². The predicted molar refractivity (Wildman–Crippen MR) is 57.7 cm³/mol. The second-order valence-corrected chi connectivity index (χ2v) is 3.32. The van der Waals surface area contributed by atoms with Gasteiger partial charge in [-0.3, -0.25) is 9.59 Å². The van der Waals surface area contributed by atoms with Crippen LogP contribution in [0.1, 0.15) is 10.6 Å². The molecule has 1 aromatic rings. The number of carboxylic acids is 1. The molecule has 2 amide bonds. The van der Waals surface area contributed by atoms with E-state index in [2.05, 4.69) is 10.6 Å². The number of aliphatic carboxylic acids is 1. The van der Waals surface area contributed by atoms with Gasteiger partial charge in [-0.05, 0) is 12.1 Å². The lowest BCUT2D eigenvalue weighted by Crippen LogP contribution is -2.41. The minimum absolute atomic E-state index is 0.0633. The summed E-state index contributed by atoms with van der Waals surface area (Å²) < 4.78 is 4.80. The van der Waals surface area contributed by atoms with Crippen molar-refractivity contribution in [2.75, 3.05) is 13.1 Å². The van der Waals surface area contributed by atoms with E-state index >= 15 is 0 Å². The van der Waals surface area contributed by atoms with E-state index in [0.717, 1.165) is 0 Å². The van der Waals surface area contributed by atoms with Crippen LogP contribution in [0.5, 0.6) is 0 Å². The molecular weight excluding hydrogens is 244 g/mol. The van der Waals surface area contributed by atoms with Crippen molar-refractivity contribution in [2.45, 2.75) is 6.10 Å². The zero-order chi connectivity index (χ0) is 13.5. The van der Waals surface area contributed by atoms with E-state index in [-0.39, 0.29) is 12.3 Å². The first kappa shape index (κ1) is 13.7. The number of amides is 2. The van der Waals surface area contributed by atoms with Crippen molar-refractivity contribution in [1.29, 1.82) is 0 Å². The Kier molecular flexibility index (Phi) is 4.88. The molecule has 0 radical (unpaired) electrons. The Morgan fingerprint density at radius 1 is 1.33 bits per heavy atom. The fourth-order valence-corrected chi connectivity index (χ4v) is 1.02. The molecule has 0 saturated carbocycles. The molecule has 1 atom stereocenters. The van der Waals surface area contributed by atoms with Gasteiger partial charge in [-0.1, -0.05) is 0 Å². The number of carboxylic acid groups (broad SMARTS) is 1. The zero-order valence-electron chi connectivity index (χ0n) is 9.25. The number of furan rings is 1. The van der Waals surface area contributed by atoms with Crippen molar-refractivity contribution in [3.63, 3.8) is 0 Å². The number of aliphatic hydroxyl groups excluding tert-OH is 1. The Morgan fingerprint density at radius 2 is 2.06 bits per heavy atom. The fourth-order valence-electron chi connectivity index (χ4n) is 1.02. The third kappa shape index (κ3) is 4.26. The molecule has 4 N–H and O–H groups in total. The minimum atomic E-state index is -1.67. The number of hydrogen-bond donors (Lipinski definition) is 4. The number of hydrogen-bond acceptors (Lipinski definition) is 5. The Morgan fingerprint density at radius 3 is 2.61 bits per heavy atom. The number of carbonyl (C=O) groups is 3. The van der Waals surface area contributed by atoms with Crippen molar-refractivity contribution in [1.82, 2.24) is 10.6 Å². The first-order valence-corrected chi connectivity index (χ1v) is 5.00. The van der Waals surface area contributed by atoms with Crippen LogP contribution in [0, 0.1) is 0 Å². The Hall–Kier alpha value is -2.35. The third-order valence-corrected chi connectivity index (χ3v) is 1.93. The van der Waals surface area contributed by atoms with Crippen LogP contribution in [0.15, 0.2) is 22.8 Å². The Labute approximate surface area is 102 Å². The smallest absolute Gasteiger partial charge is 0.334 e. The lowest BCUT2D eigenvalue weighted by Gasteiger charge is -2.08. The zero-order valence-corrected chi connectivity index (χ0v) is 9.25. The van der Waals surface area contributed by atoms with E-state index in [1.165, 1.54) is 18.4 Å². The molecule has 0 saturated heterocycles. The monoisotopic (exact) mass is 256 g/mol. The molecule has 1 rings (SSSR count). The number of nitrogens with one attached hydrogen (secondary N) is 2. The molecule has 0 aliphatic heterocycles. The lowest BCUT2D eigenvalue weighted by molar-refractivity contribution is -0.146. The topological polar surface area (TPSA) is 129 Å². The molecule has 98 valence electrons. The van der Waals surface area contributed by atoms with Crippen molar-refractivity contribution in [2.24, 2.45) is 0 Å². The van der Waals surface area contributed by atoms with Crippen LogP contribution in [0.3, 0.4) is 0 Å². The van der Waals surface area contributed by atoms with Gasteiger partial charge >= 0.3 is 5.97 Å². The SMILES string of the molecule is O=C(CNC(=O)c1ccco1)NCC(O)C(=O)O. The quantitative estimate of drug-likeness (QED) is 0.494. The maximum absolute atomic E-state index is 11.3. The highest BCUT2D eigenvalue weighted by atomic mass is 16.4. The van der Waals surface area contributed by atoms with Gasteiger partial charge in [0.1, 0.15) is 0 Å². The summed E-state index contributed by atoms with van der Waals surface area (Å²) in [5.41, 5.74) is 0. The highest BCUT2D eigenvalue weighted by Gasteiger charge is 2.15. The third-order valence-electron chi connectivity index (χ3n) is 1.93. The maximum atomic E-state index is 11.3. The van der Waals surface area contributed by atoms with Gasteiger partial charge in [-0.25, -0.2) is 4.79 Å². The second-order valence-electron chi connectivity index (χ2n) is 3.32. The number of carbonyl (C=O) groups excluding carboxylic acids is 2. The molecule has 8 nitrogen and oxygen atoms in total. The van der Waals surface area contributed by atoms with E-state index in [1.54, 1.807) is 0 Å². The molecule has 1 aromatic heterocycles. The average molecular weight is 256 g/mol. The molecule has 0 spiro atoms. The van der Waals surface area contributed by atoms with E-state index in [0.29, 0.717) is 0 Å². The summed E-state index contributed by atoms with van der Waals surface area (Å²) in [5.74, 6) is -2.55. The van der Waals surface area contributed by atoms with Crippen LogP contribution >= 0.6 is 0 Å². The van der Waals surface area contributed by atoms with Gasteiger partial charge in [0.15, 0.2) is 11.9 Å².